The molecule has 2 fully saturated rings. The van der Waals surface area contributed by atoms with E-state index in [4.69, 9.17) is 0 Å². The van der Waals surface area contributed by atoms with E-state index < -0.39 is 6.04 Å². The second-order valence-corrected chi connectivity index (χ2v) is 6.32. The minimum atomic E-state index is -0.467. The van der Waals surface area contributed by atoms with Gasteiger partial charge in [0.05, 0.1) is 17.9 Å². The number of likely N-dealkylation sites (tertiary alicyclic amines) is 1. The molecule has 1 N–H and O–H groups in total. The smallest absolute Gasteiger partial charge is 0.234 e. The van der Waals surface area contributed by atoms with E-state index in [-0.39, 0.29) is 41.2 Å². The molecule has 1 saturated carbocycles. The summed E-state index contributed by atoms with van der Waals surface area (Å²) in [7, 11) is 0. The molecule has 0 aromatic heterocycles. The van der Waals surface area contributed by atoms with Gasteiger partial charge in [0.1, 0.15) is 5.75 Å². The molecule has 4 heteroatoms. The molecule has 22 heavy (non-hydrogen) atoms. The third-order valence-electron chi connectivity index (χ3n) is 5.24. The van der Waals surface area contributed by atoms with Gasteiger partial charge in [0.2, 0.25) is 11.8 Å². The molecule has 0 spiro atoms. The number of fused-ring (bicyclic) bond motifs is 5. The molecule has 4 nitrogen and oxygen atoms in total. The number of phenols is 1. The van der Waals surface area contributed by atoms with Crippen LogP contribution in [0.5, 0.6) is 5.75 Å². The van der Waals surface area contributed by atoms with E-state index in [0.717, 1.165) is 12.0 Å². The molecular weight excluding hydrogens is 278 g/mol. The first-order valence-electron chi connectivity index (χ1n) is 7.58. The van der Waals surface area contributed by atoms with E-state index in [1.54, 1.807) is 30.3 Å². The number of imide groups is 1. The first-order valence-corrected chi connectivity index (χ1v) is 7.58. The van der Waals surface area contributed by atoms with Crippen LogP contribution in [0.2, 0.25) is 0 Å². The van der Waals surface area contributed by atoms with Crippen LogP contribution in [0.1, 0.15) is 18.0 Å². The van der Waals surface area contributed by atoms with Gasteiger partial charge in [0.25, 0.3) is 0 Å². The summed E-state index contributed by atoms with van der Waals surface area (Å²) in [5, 5.41) is 9.41. The summed E-state index contributed by atoms with van der Waals surface area (Å²) in [6.07, 6.45) is 6.73. The molecule has 0 radical (unpaired) electrons. The van der Waals surface area contributed by atoms with E-state index in [2.05, 4.69) is 18.7 Å². The summed E-state index contributed by atoms with van der Waals surface area (Å²) in [6, 6.07) is 6.10. The highest BCUT2D eigenvalue weighted by Crippen LogP contribution is 2.53. The predicted octanol–water partition coefficient (Wildman–Crippen LogP) is 2.43. The van der Waals surface area contributed by atoms with Gasteiger partial charge in [-0.3, -0.25) is 14.5 Å². The first kappa shape index (κ1) is 13.3. The number of nitrogens with zero attached hydrogens (tertiary/aromatic N) is 1. The second-order valence-electron chi connectivity index (χ2n) is 6.32. The lowest BCUT2D eigenvalue weighted by molar-refractivity contribution is -0.142. The highest BCUT2D eigenvalue weighted by molar-refractivity contribution is 6.07. The topological polar surface area (TPSA) is 57.6 Å². The molecule has 3 aliphatic rings. The number of rotatable bonds is 3. The van der Waals surface area contributed by atoms with E-state index >= 15 is 0 Å². The molecule has 1 saturated heterocycles. The van der Waals surface area contributed by atoms with E-state index in [9.17, 15) is 14.7 Å². The molecule has 4 rings (SSSR count). The molecule has 1 aromatic rings. The highest BCUT2D eigenvalue weighted by Gasteiger charge is 2.60. The number of benzene rings is 1. The summed E-state index contributed by atoms with van der Waals surface area (Å²) >= 11 is 0. The molecular formula is C18H17NO3. The Labute approximate surface area is 128 Å². The van der Waals surface area contributed by atoms with E-state index in [1.165, 1.54) is 4.90 Å². The van der Waals surface area contributed by atoms with Gasteiger partial charge >= 0.3 is 0 Å². The number of carbonyl (C=O) groups excluding carboxylic acids is 2. The van der Waals surface area contributed by atoms with E-state index in [0.29, 0.717) is 0 Å². The molecule has 112 valence electrons. The third-order valence-corrected chi connectivity index (χ3v) is 5.24. The zero-order valence-corrected chi connectivity index (χ0v) is 12.1. The maximum absolute atomic E-state index is 12.8. The van der Waals surface area contributed by atoms with Crippen molar-refractivity contribution in [2.45, 2.75) is 12.5 Å². The van der Waals surface area contributed by atoms with Crippen LogP contribution in [-0.4, -0.2) is 21.8 Å². The maximum atomic E-state index is 12.8. The molecule has 5 unspecified atom stereocenters. The number of hydrogen-bond donors (Lipinski definition) is 1. The average molecular weight is 295 g/mol. The number of phenolic OH excluding ortho intramolecular Hbond substituents is 1. The highest BCUT2D eigenvalue weighted by atomic mass is 16.3. The van der Waals surface area contributed by atoms with Gasteiger partial charge in [0, 0.05) is 0 Å². The van der Waals surface area contributed by atoms with Gasteiger partial charge in [-0.15, -0.1) is 6.58 Å². The lowest BCUT2D eigenvalue weighted by atomic mass is 9.85. The van der Waals surface area contributed by atoms with Crippen LogP contribution >= 0.6 is 0 Å². The number of carbonyl (C=O) groups is 2. The third kappa shape index (κ3) is 1.64. The minimum Gasteiger partial charge on any atom is -0.508 e. The largest absolute Gasteiger partial charge is 0.508 e. The van der Waals surface area contributed by atoms with Gasteiger partial charge < -0.3 is 5.11 Å². The van der Waals surface area contributed by atoms with Crippen molar-refractivity contribution in [2.24, 2.45) is 23.7 Å². The zero-order chi connectivity index (χ0) is 15.4. The Morgan fingerprint density at radius 2 is 1.64 bits per heavy atom. The number of allylic oxidation sites excluding steroid dienone is 2. The SMILES string of the molecule is C=CC(c1ccc(O)cc1)N1C(=O)C2C3C=CC(C3)C2C1=O. The van der Waals surface area contributed by atoms with Crippen molar-refractivity contribution in [2.75, 3.05) is 0 Å². The standard InChI is InChI=1S/C18H17NO3/c1-2-14(10-5-7-13(20)8-6-10)19-17(21)15-11-3-4-12(9-11)16(15)18(19)22/h2-8,11-12,14-16,20H,1,9H2. The summed E-state index contributed by atoms with van der Waals surface area (Å²) in [5.41, 5.74) is 0.787. The number of hydrogen-bond acceptors (Lipinski definition) is 3. The van der Waals surface area contributed by atoms with Crippen molar-refractivity contribution in [3.05, 3.63) is 54.6 Å². The van der Waals surface area contributed by atoms with E-state index in [1.807, 2.05) is 0 Å². The van der Waals surface area contributed by atoms with Gasteiger partial charge in [-0.2, -0.15) is 0 Å². The van der Waals surface area contributed by atoms with Crippen LogP contribution in [0.25, 0.3) is 0 Å². The van der Waals surface area contributed by atoms with Crippen LogP contribution in [0.4, 0.5) is 0 Å². The predicted molar refractivity (Wildman–Crippen MR) is 80.6 cm³/mol. The van der Waals surface area contributed by atoms with Crippen molar-refractivity contribution in [3.8, 4) is 5.75 Å². The average Bonchev–Trinajstić information content (AvgIpc) is 3.18. The summed E-state index contributed by atoms with van der Waals surface area (Å²) in [4.78, 5) is 27.0. The Balaban J connectivity index is 1.70. The molecule has 1 heterocycles. The van der Waals surface area contributed by atoms with Gasteiger partial charge in [0.15, 0.2) is 0 Å². The Morgan fingerprint density at radius 1 is 1.09 bits per heavy atom. The lowest BCUT2D eigenvalue weighted by Crippen LogP contribution is -2.35. The Bertz CT molecular complexity index is 661. The Hall–Kier alpha value is -2.36. The van der Waals surface area contributed by atoms with Crippen molar-refractivity contribution in [1.29, 1.82) is 0 Å². The monoisotopic (exact) mass is 295 g/mol. The second kappa shape index (κ2) is 4.57. The Kier molecular flexibility index (Phi) is 2.76. The van der Waals surface area contributed by atoms with Gasteiger partial charge in [-0.05, 0) is 36.0 Å². The summed E-state index contributed by atoms with van der Waals surface area (Å²) in [5.74, 6) is 0.0343. The molecule has 5 atom stereocenters. The number of amides is 2. The minimum absolute atomic E-state index is 0.0789. The fourth-order valence-corrected chi connectivity index (χ4v) is 4.26. The van der Waals surface area contributed by atoms with Crippen LogP contribution in [0, 0.1) is 23.7 Å². The van der Waals surface area contributed by atoms with Crippen molar-refractivity contribution in [1.82, 2.24) is 4.90 Å². The summed E-state index contributed by atoms with van der Waals surface area (Å²) < 4.78 is 0. The van der Waals surface area contributed by atoms with Crippen molar-refractivity contribution >= 4 is 11.8 Å². The molecule has 2 aliphatic carbocycles. The van der Waals surface area contributed by atoms with Gasteiger partial charge in [-0.1, -0.05) is 30.4 Å². The first-order chi connectivity index (χ1) is 10.6. The molecule has 1 aliphatic heterocycles. The van der Waals surface area contributed by atoms with Crippen molar-refractivity contribution < 1.29 is 14.7 Å². The zero-order valence-electron chi connectivity index (χ0n) is 12.1. The Morgan fingerprint density at radius 3 is 2.14 bits per heavy atom. The van der Waals surface area contributed by atoms with Crippen LogP contribution in [0.3, 0.4) is 0 Å². The van der Waals surface area contributed by atoms with Crippen LogP contribution in [0.15, 0.2) is 49.1 Å². The normalized spacial score (nSPS) is 33.4. The molecule has 2 amide bonds. The van der Waals surface area contributed by atoms with Crippen LogP contribution < -0.4 is 0 Å². The van der Waals surface area contributed by atoms with Crippen LogP contribution in [-0.2, 0) is 9.59 Å². The molecule has 2 bridgehead atoms. The van der Waals surface area contributed by atoms with Crippen molar-refractivity contribution in [3.63, 3.8) is 0 Å². The number of aromatic hydroxyl groups is 1. The fourth-order valence-electron chi connectivity index (χ4n) is 4.26. The molecule has 1 aromatic carbocycles. The fraction of sp³-hybridized carbons (Fsp3) is 0.333. The summed E-state index contributed by atoms with van der Waals surface area (Å²) in [6.45, 7) is 3.80. The quantitative estimate of drug-likeness (QED) is 0.688. The lowest BCUT2D eigenvalue weighted by Gasteiger charge is -2.25. The maximum Gasteiger partial charge on any atom is 0.234 e. The van der Waals surface area contributed by atoms with Gasteiger partial charge in [-0.25, -0.2) is 0 Å².